The van der Waals surface area contributed by atoms with E-state index in [0.717, 1.165) is 25.9 Å². The Bertz CT molecular complexity index is 690. The topological polar surface area (TPSA) is 105 Å². The van der Waals surface area contributed by atoms with Gasteiger partial charge in [0.2, 0.25) is 0 Å². The number of rotatable bonds is 5. The van der Waals surface area contributed by atoms with Gasteiger partial charge in [-0.25, -0.2) is 14.8 Å². The number of amides is 2. The molecular weight excluding hydrogens is 338 g/mol. The minimum absolute atomic E-state index is 0.0642. The fourth-order valence-corrected chi connectivity index (χ4v) is 2.87. The molecular formula is C17H23N5O4. The summed E-state index contributed by atoms with van der Waals surface area (Å²) in [5.41, 5.74) is -0.563. The van der Waals surface area contributed by atoms with Crippen LogP contribution in [0.15, 0.2) is 17.6 Å². The highest BCUT2D eigenvalue weighted by Gasteiger charge is 2.39. The van der Waals surface area contributed by atoms with Crippen LogP contribution in [0.4, 0.5) is 10.6 Å². The van der Waals surface area contributed by atoms with Crippen LogP contribution in [0, 0.1) is 10.8 Å². The summed E-state index contributed by atoms with van der Waals surface area (Å²) >= 11 is 0. The third-order valence-electron chi connectivity index (χ3n) is 4.29. The first-order chi connectivity index (χ1) is 12.3. The van der Waals surface area contributed by atoms with Gasteiger partial charge in [0.25, 0.3) is 0 Å². The summed E-state index contributed by atoms with van der Waals surface area (Å²) in [4.78, 5) is 45.7. The number of carbonyl (C=O) groups excluding carboxylic acids is 2. The van der Waals surface area contributed by atoms with Gasteiger partial charge in [0.1, 0.15) is 11.4 Å². The van der Waals surface area contributed by atoms with Crippen LogP contribution < -0.4 is 4.90 Å². The molecule has 0 atom stereocenters. The quantitative estimate of drug-likeness (QED) is 0.740. The first-order valence-corrected chi connectivity index (χ1v) is 8.71. The van der Waals surface area contributed by atoms with E-state index in [2.05, 4.69) is 15.1 Å². The van der Waals surface area contributed by atoms with E-state index in [1.54, 1.807) is 0 Å². The maximum atomic E-state index is 12.4. The van der Waals surface area contributed by atoms with Gasteiger partial charge in [0.15, 0.2) is 5.69 Å². The second-order valence-electron chi connectivity index (χ2n) is 7.79. The Morgan fingerprint density at radius 3 is 2.46 bits per heavy atom. The molecule has 1 aliphatic heterocycles. The molecule has 2 fully saturated rings. The Hall–Kier alpha value is -2.58. The molecule has 1 saturated heterocycles. The predicted molar refractivity (Wildman–Crippen MR) is 93.8 cm³/mol. The van der Waals surface area contributed by atoms with Crippen molar-refractivity contribution in [2.24, 2.45) is 11.1 Å². The number of anilines is 1. The van der Waals surface area contributed by atoms with Crippen molar-refractivity contribution in [1.29, 1.82) is 0 Å². The number of nitrogens with zero attached hydrogens (tertiary/aromatic N) is 5. The van der Waals surface area contributed by atoms with Crippen molar-refractivity contribution < 1.29 is 14.3 Å². The molecule has 2 amide bonds. The number of hydrogen-bond donors (Lipinski definition) is 0. The second kappa shape index (κ2) is 6.97. The highest BCUT2D eigenvalue weighted by atomic mass is 16.6. The summed E-state index contributed by atoms with van der Waals surface area (Å²) in [5, 5.41) is 2.32. The van der Waals surface area contributed by atoms with Gasteiger partial charge in [-0.05, 0) is 33.6 Å². The van der Waals surface area contributed by atoms with Crippen LogP contribution in [-0.4, -0.2) is 58.1 Å². The molecule has 0 unspecified atom stereocenters. The average Bonchev–Trinajstić information content (AvgIpc) is 3.36. The van der Waals surface area contributed by atoms with Crippen LogP contribution in [0.1, 0.15) is 44.1 Å². The zero-order chi connectivity index (χ0) is 18.9. The molecule has 2 aliphatic rings. The van der Waals surface area contributed by atoms with Gasteiger partial charge < -0.3 is 14.5 Å². The standard InChI is InChI=1S/C17H23N5O4/c1-17(2,3)26-16(24)22(12-4-5-12)10-11-8-21(9-11)14-7-18-13(6-19-14)15(23)20-25/h6-7,11-12H,4-5,8-10H2,1-3H3. The Balaban J connectivity index is 1.53. The first kappa shape index (κ1) is 18.2. The molecule has 0 radical (unpaired) electrons. The number of aromatic nitrogens is 2. The average molecular weight is 361 g/mol. The van der Waals surface area contributed by atoms with Crippen LogP contribution in [0.2, 0.25) is 0 Å². The molecule has 0 spiro atoms. The summed E-state index contributed by atoms with van der Waals surface area (Å²) in [7, 11) is 0. The van der Waals surface area contributed by atoms with Crippen LogP contribution in [0.5, 0.6) is 0 Å². The van der Waals surface area contributed by atoms with Gasteiger partial charge in [0.05, 0.1) is 12.4 Å². The van der Waals surface area contributed by atoms with E-state index in [-0.39, 0.29) is 11.8 Å². The summed E-state index contributed by atoms with van der Waals surface area (Å²) in [5.74, 6) is 0.0461. The molecule has 140 valence electrons. The van der Waals surface area contributed by atoms with Gasteiger partial charge in [-0.3, -0.25) is 4.79 Å². The van der Waals surface area contributed by atoms with Crippen molar-refractivity contribution in [3.05, 3.63) is 23.0 Å². The minimum Gasteiger partial charge on any atom is -0.444 e. The Morgan fingerprint density at radius 2 is 1.96 bits per heavy atom. The molecule has 26 heavy (non-hydrogen) atoms. The van der Waals surface area contributed by atoms with Crippen LogP contribution in [0.3, 0.4) is 0 Å². The molecule has 9 heteroatoms. The third-order valence-corrected chi connectivity index (χ3v) is 4.29. The van der Waals surface area contributed by atoms with Gasteiger partial charge in [-0.1, -0.05) is 0 Å². The van der Waals surface area contributed by atoms with E-state index in [1.165, 1.54) is 12.4 Å². The summed E-state index contributed by atoms with van der Waals surface area (Å²) in [6.45, 7) is 7.77. The summed E-state index contributed by atoms with van der Waals surface area (Å²) in [6.07, 6.45) is 4.52. The molecule has 1 aliphatic carbocycles. The number of nitroso groups, excluding NO2 is 1. The lowest BCUT2D eigenvalue weighted by Crippen LogP contribution is -2.53. The lowest BCUT2D eigenvalue weighted by atomic mass is 9.99. The molecule has 1 aromatic heterocycles. The molecule has 0 N–H and O–H groups in total. The largest absolute Gasteiger partial charge is 0.444 e. The third kappa shape index (κ3) is 4.33. The van der Waals surface area contributed by atoms with E-state index < -0.39 is 11.5 Å². The fraction of sp³-hybridized carbons (Fsp3) is 0.647. The lowest BCUT2D eigenvalue weighted by molar-refractivity contribution is 0.0193. The second-order valence-corrected chi connectivity index (χ2v) is 7.79. The Labute approximate surface area is 151 Å². The van der Waals surface area contributed by atoms with E-state index >= 15 is 0 Å². The summed E-state index contributed by atoms with van der Waals surface area (Å²) in [6, 6.07) is 0.292. The number of ether oxygens (including phenoxy) is 1. The first-order valence-electron chi connectivity index (χ1n) is 8.71. The zero-order valence-corrected chi connectivity index (χ0v) is 15.2. The van der Waals surface area contributed by atoms with Crippen molar-refractivity contribution in [2.45, 2.75) is 45.3 Å². The van der Waals surface area contributed by atoms with Crippen molar-refractivity contribution >= 4 is 17.8 Å². The van der Waals surface area contributed by atoms with E-state index in [0.29, 0.717) is 24.3 Å². The SMILES string of the molecule is CC(C)(C)OC(=O)N(CC1CN(c2cnc(C(=O)N=O)cn2)C1)C1CC1. The monoisotopic (exact) mass is 361 g/mol. The molecule has 0 aromatic carbocycles. The minimum atomic E-state index is -0.928. The normalized spacial score (nSPS) is 17.4. The maximum Gasteiger partial charge on any atom is 0.410 e. The highest BCUT2D eigenvalue weighted by Crippen LogP contribution is 2.31. The van der Waals surface area contributed by atoms with Gasteiger partial charge in [-0.15, -0.1) is 4.91 Å². The van der Waals surface area contributed by atoms with Crippen LogP contribution >= 0.6 is 0 Å². The number of carbonyl (C=O) groups is 2. The Morgan fingerprint density at radius 1 is 1.27 bits per heavy atom. The smallest absolute Gasteiger partial charge is 0.410 e. The zero-order valence-electron chi connectivity index (χ0n) is 15.2. The number of hydrogen-bond acceptors (Lipinski definition) is 7. The Kier molecular flexibility index (Phi) is 4.88. The van der Waals surface area contributed by atoms with Gasteiger partial charge in [0, 0.05) is 36.8 Å². The predicted octanol–water partition coefficient (Wildman–Crippen LogP) is 2.22. The van der Waals surface area contributed by atoms with Crippen molar-refractivity contribution in [3.63, 3.8) is 0 Å². The van der Waals surface area contributed by atoms with E-state index in [1.807, 2.05) is 30.6 Å². The fourth-order valence-electron chi connectivity index (χ4n) is 2.87. The molecule has 1 saturated carbocycles. The van der Waals surface area contributed by atoms with Crippen LogP contribution in [-0.2, 0) is 4.74 Å². The van der Waals surface area contributed by atoms with Gasteiger partial charge >= 0.3 is 12.0 Å². The molecule has 2 heterocycles. The van der Waals surface area contributed by atoms with E-state index in [9.17, 15) is 14.5 Å². The maximum absolute atomic E-state index is 12.4. The molecule has 3 rings (SSSR count). The highest BCUT2D eigenvalue weighted by molar-refractivity contribution is 5.92. The molecule has 9 nitrogen and oxygen atoms in total. The molecule has 0 bridgehead atoms. The van der Waals surface area contributed by atoms with Crippen molar-refractivity contribution in [2.75, 3.05) is 24.5 Å². The summed E-state index contributed by atoms with van der Waals surface area (Å²) < 4.78 is 5.51. The van der Waals surface area contributed by atoms with Crippen molar-refractivity contribution in [1.82, 2.24) is 14.9 Å². The van der Waals surface area contributed by atoms with Gasteiger partial charge in [-0.2, -0.15) is 0 Å². The van der Waals surface area contributed by atoms with Crippen molar-refractivity contribution in [3.8, 4) is 0 Å². The lowest BCUT2D eigenvalue weighted by Gasteiger charge is -2.42. The van der Waals surface area contributed by atoms with E-state index in [4.69, 9.17) is 4.74 Å². The van der Waals surface area contributed by atoms with Crippen LogP contribution in [0.25, 0.3) is 0 Å². The molecule has 1 aromatic rings.